The summed E-state index contributed by atoms with van der Waals surface area (Å²) in [6.45, 7) is 0.802. The van der Waals surface area contributed by atoms with Crippen LogP contribution in [0.4, 0.5) is 5.69 Å². The van der Waals surface area contributed by atoms with E-state index in [-0.39, 0.29) is 12.6 Å². The molecule has 1 aromatic heterocycles. The Hall–Kier alpha value is -1.98. The normalized spacial score (nSPS) is 17.2. The number of nitrogens with zero attached hydrogens (tertiary/aromatic N) is 2. The van der Waals surface area contributed by atoms with E-state index >= 15 is 0 Å². The van der Waals surface area contributed by atoms with Crippen LogP contribution in [0.25, 0.3) is 0 Å². The summed E-state index contributed by atoms with van der Waals surface area (Å²) >= 11 is 5.50. The van der Waals surface area contributed by atoms with E-state index in [1.165, 1.54) is 11.1 Å². The van der Waals surface area contributed by atoms with Crippen molar-refractivity contribution in [3.8, 4) is 0 Å². The maximum Gasteiger partial charge on any atom is 0.174 e. The van der Waals surface area contributed by atoms with Crippen molar-refractivity contribution in [3.05, 3.63) is 59.9 Å². The standard InChI is InChI=1S/C16H17N3OS/c20-11-15-8-12-4-1-2-5-13(12)10-19(15)16(21)18-14-6-3-7-17-9-14/h1-7,9,15,20H,8,10-11H2,(H,18,21). The topological polar surface area (TPSA) is 48.4 Å². The molecule has 5 heteroatoms. The first kappa shape index (κ1) is 14.0. The van der Waals surface area contributed by atoms with Crippen LogP contribution in [0.2, 0.25) is 0 Å². The van der Waals surface area contributed by atoms with Crippen LogP contribution in [0.15, 0.2) is 48.8 Å². The average Bonchev–Trinajstić information content (AvgIpc) is 2.54. The second-order valence-electron chi connectivity index (χ2n) is 5.11. The van der Waals surface area contributed by atoms with Crippen molar-refractivity contribution in [1.82, 2.24) is 9.88 Å². The number of nitrogens with one attached hydrogen (secondary N) is 1. The third-order valence-corrected chi connectivity index (χ3v) is 4.08. The zero-order chi connectivity index (χ0) is 14.7. The summed E-state index contributed by atoms with van der Waals surface area (Å²) in [5, 5.41) is 13.5. The van der Waals surface area contributed by atoms with Crippen molar-refractivity contribution < 1.29 is 5.11 Å². The average molecular weight is 299 g/mol. The SMILES string of the molecule is OCC1Cc2ccccc2CN1C(=S)Nc1cccnc1. The molecule has 2 heterocycles. The molecular weight excluding hydrogens is 282 g/mol. The van der Waals surface area contributed by atoms with Crippen LogP contribution in [0.5, 0.6) is 0 Å². The molecule has 0 radical (unpaired) electrons. The van der Waals surface area contributed by atoms with Crippen LogP contribution in [0.1, 0.15) is 11.1 Å². The molecule has 1 unspecified atom stereocenters. The lowest BCUT2D eigenvalue weighted by Gasteiger charge is -2.37. The van der Waals surface area contributed by atoms with E-state index in [0.29, 0.717) is 11.7 Å². The quantitative estimate of drug-likeness (QED) is 0.833. The number of anilines is 1. The Balaban J connectivity index is 1.79. The molecule has 3 rings (SSSR count). The number of pyridine rings is 1. The number of thiocarbonyl (C=S) groups is 1. The minimum absolute atomic E-state index is 0.0107. The van der Waals surface area contributed by atoms with Crippen LogP contribution >= 0.6 is 12.2 Å². The van der Waals surface area contributed by atoms with E-state index in [1.807, 2.05) is 29.2 Å². The number of hydrogen-bond acceptors (Lipinski definition) is 3. The lowest BCUT2D eigenvalue weighted by molar-refractivity contribution is 0.168. The molecule has 0 bridgehead atoms. The summed E-state index contributed by atoms with van der Waals surface area (Å²) in [4.78, 5) is 6.11. The zero-order valence-corrected chi connectivity index (χ0v) is 12.4. The smallest absolute Gasteiger partial charge is 0.174 e. The van der Waals surface area contributed by atoms with Crippen molar-refractivity contribution in [2.24, 2.45) is 0 Å². The largest absolute Gasteiger partial charge is 0.394 e. The Morgan fingerprint density at radius 3 is 2.81 bits per heavy atom. The van der Waals surface area contributed by atoms with Crippen LogP contribution in [-0.4, -0.2) is 32.8 Å². The van der Waals surface area contributed by atoms with Crippen LogP contribution in [-0.2, 0) is 13.0 Å². The minimum atomic E-state index is 0.0107. The number of aromatic nitrogens is 1. The van der Waals surface area contributed by atoms with Crippen molar-refractivity contribution in [1.29, 1.82) is 0 Å². The number of aliphatic hydroxyl groups excluding tert-OH is 1. The first-order valence-corrected chi connectivity index (χ1v) is 7.34. The van der Waals surface area contributed by atoms with Gasteiger partial charge in [0.2, 0.25) is 0 Å². The Labute approximate surface area is 129 Å². The summed E-state index contributed by atoms with van der Waals surface area (Å²) in [5.74, 6) is 0. The van der Waals surface area contributed by atoms with Gasteiger partial charge < -0.3 is 15.3 Å². The maximum atomic E-state index is 9.66. The summed E-state index contributed by atoms with van der Waals surface area (Å²) in [6.07, 6.45) is 4.27. The summed E-state index contributed by atoms with van der Waals surface area (Å²) in [7, 11) is 0. The highest BCUT2D eigenvalue weighted by atomic mass is 32.1. The highest BCUT2D eigenvalue weighted by Gasteiger charge is 2.27. The number of hydrogen-bond donors (Lipinski definition) is 2. The molecule has 1 aliphatic heterocycles. The first-order chi connectivity index (χ1) is 10.3. The third kappa shape index (κ3) is 3.04. The molecule has 0 fully saturated rings. The first-order valence-electron chi connectivity index (χ1n) is 6.93. The summed E-state index contributed by atoms with van der Waals surface area (Å²) in [6, 6.07) is 12.1. The van der Waals surface area contributed by atoms with Gasteiger partial charge in [0.1, 0.15) is 0 Å². The molecule has 2 aromatic rings. The minimum Gasteiger partial charge on any atom is -0.394 e. The fraction of sp³-hybridized carbons (Fsp3) is 0.250. The van der Waals surface area contributed by atoms with Gasteiger partial charge in [-0.3, -0.25) is 4.98 Å². The van der Waals surface area contributed by atoms with Crippen molar-refractivity contribution >= 4 is 23.0 Å². The number of rotatable bonds is 2. The Bertz CT molecular complexity index is 632. The molecular formula is C16H17N3OS. The summed E-state index contributed by atoms with van der Waals surface area (Å²) < 4.78 is 0. The maximum absolute atomic E-state index is 9.66. The molecule has 0 amide bonds. The van der Waals surface area contributed by atoms with Crippen molar-refractivity contribution in [2.75, 3.05) is 11.9 Å². The number of aliphatic hydroxyl groups is 1. The van der Waals surface area contributed by atoms with Crippen molar-refractivity contribution in [2.45, 2.75) is 19.0 Å². The van der Waals surface area contributed by atoms with Crippen LogP contribution in [0, 0.1) is 0 Å². The molecule has 1 atom stereocenters. The van der Waals surface area contributed by atoms with Gasteiger partial charge in [0.25, 0.3) is 0 Å². The monoisotopic (exact) mass is 299 g/mol. The molecule has 1 aliphatic rings. The van der Waals surface area contributed by atoms with Gasteiger partial charge in [-0.05, 0) is 41.9 Å². The van der Waals surface area contributed by atoms with Gasteiger partial charge in [0.15, 0.2) is 5.11 Å². The van der Waals surface area contributed by atoms with Gasteiger partial charge in [-0.1, -0.05) is 24.3 Å². The zero-order valence-electron chi connectivity index (χ0n) is 11.6. The van der Waals surface area contributed by atoms with Gasteiger partial charge in [0, 0.05) is 12.7 Å². The molecule has 0 saturated carbocycles. The summed E-state index contributed by atoms with van der Waals surface area (Å²) in [5.41, 5.74) is 3.41. The second-order valence-corrected chi connectivity index (χ2v) is 5.50. The van der Waals surface area contributed by atoms with Crippen LogP contribution in [0.3, 0.4) is 0 Å². The highest BCUT2D eigenvalue weighted by molar-refractivity contribution is 7.80. The fourth-order valence-corrected chi connectivity index (χ4v) is 2.95. The Kier molecular flexibility index (Phi) is 4.13. The number of benzene rings is 1. The molecule has 1 aromatic carbocycles. The second kappa shape index (κ2) is 6.20. The molecule has 0 spiro atoms. The van der Waals surface area contributed by atoms with E-state index in [1.54, 1.807) is 12.4 Å². The van der Waals surface area contributed by atoms with Gasteiger partial charge in [-0.25, -0.2) is 0 Å². The lowest BCUT2D eigenvalue weighted by Crippen LogP contribution is -2.48. The molecule has 4 nitrogen and oxygen atoms in total. The van der Waals surface area contributed by atoms with Gasteiger partial charge in [-0.15, -0.1) is 0 Å². The van der Waals surface area contributed by atoms with E-state index in [0.717, 1.165) is 12.1 Å². The molecule has 108 valence electrons. The van der Waals surface area contributed by atoms with Crippen molar-refractivity contribution in [3.63, 3.8) is 0 Å². The van der Waals surface area contributed by atoms with Gasteiger partial charge >= 0.3 is 0 Å². The van der Waals surface area contributed by atoms with Gasteiger partial charge in [-0.2, -0.15) is 0 Å². The van der Waals surface area contributed by atoms with E-state index < -0.39 is 0 Å². The highest BCUT2D eigenvalue weighted by Crippen LogP contribution is 2.24. The van der Waals surface area contributed by atoms with E-state index in [9.17, 15) is 5.11 Å². The fourth-order valence-electron chi connectivity index (χ4n) is 2.62. The molecule has 0 saturated heterocycles. The lowest BCUT2D eigenvalue weighted by atomic mass is 9.95. The van der Waals surface area contributed by atoms with E-state index in [2.05, 4.69) is 22.4 Å². The number of fused-ring (bicyclic) bond motifs is 1. The third-order valence-electron chi connectivity index (χ3n) is 3.74. The molecule has 21 heavy (non-hydrogen) atoms. The Morgan fingerprint density at radius 1 is 1.29 bits per heavy atom. The van der Waals surface area contributed by atoms with Gasteiger partial charge in [0.05, 0.1) is 24.5 Å². The Morgan fingerprint density at radius 2 is 2.10 bits per heavy atom. The van der Waals surface area contributed by atoms with E-state index in [4.69, 9.17) is 12.2 Å². The molecule has 2 N–H and O–H groups in total. The molecule has 0 aliphatic carbocycles. The predicted octanol–water partition coefficient (Wildman–Crippen LogP) is 2.20. The predicted molar refractivity (Wildman–Crippen MR) is 87.0 cm³/mol. The van der Waals surface area contributed by atoms with Crippen LogP contribution < -0.4 is 5.32 Å².